The number of primary amides is 1. The smallest absolute Gasteiger partial charge is 0.240 e. The molecule has 98 valence electrons. The molecule has 18 heavy (non-hydrogen) atoms. The van der Waals surface area contributed by atoms with Crippen LogP contribution in [0.15, 0.2) is 18.2 Å². The van der Waals surface area contributed by atoms with Crippen molar-refractivity contribution in [3.63, 3.8) is 0 Å². The average Bonchev–Trinajstić information content (AvgIpc) is 2.26. The van der Waals surface area contributed by atoms with Crippen LogP contribution in [0.5, 0.6) is 0 Å². The van der Waals surface area contributed by atoms with E-state index >= 15 is 0 Å². The van der Waals surface area contributed by atoms with Gasteiger partial charge < -0.3 is 16.4 Å². The van der Waals surface area contributed by atoms with Crippen LogP contribution in [-0.2, 0) is 9.59 Å². The molecule has 1 aromatic rings. The minimum absolute atomic E-state index is 0.0958. The van der Waals surface area contributed by atoms with Crippen LogP contribution in [-0.4, -0.2) is 24.9 Å². The number of aryl methyl sites for hydroxylation is 1. The molecule has 1 aromatic carbocycles. The minimum atomic E-state index is -0.869. The summed E-state index contributed by atoms with van der Waals surface area (Å²) in [5.74, 6) is -1.40. The quantitative estimate of drug-likeness (QED) is 0.716. The van der Waals surface area contributed by atoms with Crippen LogP contribution in [0.3, 0.4) is 0 Å². The maximum absolute atomic E-state index is 13.2. The lowest BCUT2D eigenvalue weighted by atomic mass is 10.1. The Hall–Kier alpha value is -2.11. The van der Waals surface area contributed by atoms with Gasteiger partial charge in [-0.3, -0.25) is 9.59 Å². The zero-order valence-corrected chi connectivity index (χ0v) is 10.3. The number of nitrogens with two attached hydrogens (primary N) is 1. The van der Waals surface area contributed by atoms with Crippen molar-refractivity contribution in [3.8, 4) is 0 Å². The van der Waals surface area contributed by atoms with Crippen LogP contribution in [0, 0.1) is 12.7 Å². The highest BCUT2D eigenvalue weighted by Crippen LogP contribution is 2.15. The van der Waals surface area contributed by atoms with Crippen molar-refractivity contribution in [2.75, 3.05) is 12.4 Å². The fourth-order valence-electron chi connectivity index (χ4n) is 1.53. The summed E-state index contributed by atoms with van der Waals surface area (Å²) >= 11 is 0. The summed E-state index contributed by atoms with van der Waals surface area (Å²) in [6.07, 6.45) is -0.0958. The van der Waals surface area contributed by atoms with Crippen molar-refractivity contribution in [2.45, 2.75) is 19.4 Å². The predicted molar refractivity (Wildman–Crippen MR) is 66.4 cm³/mol. The first kappa shape index (κ1) is 14.0. The van der Waals surface area contributed by atoms with Crippen LogP contribution >= 0.6 is 0 Å². The van der Waals surface area contributed by atoms with E-state index in [1.807, 2.05) is 0 Å². The van der Waals surface area contributed by atoms with Crippen molar-refractivity contribution in [1.29, 1.82) is 0 Å². The Kier molecular flexibility index (Phi) is 4.65. The van der Waals surface area contributed by atoms with Gasteiger partial charge in [-0.2, -0.15) is 0 Å². The molecule has 6 heteroatoms. The highest BCUT2D eigenvalue weighted by atomic mass is 19.1. The third kappa shape index (κ3) is 4.04. The fourth-order valence-corrected chi connectivity index (χ4v) is 1.53. The molecule has 5 nitrogen and oxygen atoms in total. The van der Waals surface area contributed by atoms with Crippen molar-refractivity contribution in [2.24, 2.45) is 5.73 Å². The number of carbonyl (C=O) groups excluding carboxylic acids is 2. The van der Waals surface area contributed by atoms with Gasteiger partial charge in [0.1, 0.15) is 11.9 Å². The molecule has 1 unspecified atom stereocenters. The van der Waals surface area contributed by atoms with Gasteiger partial charge in [-0.25, -0.2) is 4.39 Å². The zero-order valence-electron chi connectivity index (χ0n) is 10.3. The van der Waals surface area contributed by atoms with Crippen LogP contribution < -0.4 is 16.4 Å². The first-order chi connectivity index (χ1) is 8.42. The van der Waals surface area contributed by atoms with Gasteiger partial charge in [0.2, 0.25) is 11.8 Å². The normalized spacial score (nSPS) is 11.7. The lowest BCUT2D eigenvalue weighted by molar-refractivity contribution is -0.125. The Morgan fingerprint density at radius 3 is 2.56 bits per heavy atom. The summed E-state index contributed by atoms with van der Waals surface area (Å²) < 4.78 is 13.2. The number of benzene rings is 1. The third-order valence-corrected chi connectivity index (χ3v) is 2.39. The molecule has 0 saturated heterocycles. The maximum Gasteiger partial charge on any atom is 0.240 e. The third-order valence-electron chi connectivity index (χ3n) is 2.39. The molecule has 1 atom stereocenters. The summed E-state index contributed by atoms with van der Waals surface area (Å²) in [7, 11) is 1.47. The average molecular weight is 253 g/mol. The number of hydrogen-bond acceptors (Lipinski definition) is 3. The molecule has 0 fully saturated rings. The molecule has 0 aliphatic carbocycles. The molecule has 1 rings (SSSR count). The van der Waals surface area contributed by atoms with Gasteiger partial charge in [0.15, 0.2) is 0 Å². The minimum Gasteiger partial charge on any atom is -0.373 e. The van der Waals surface area contributed by atoms with E-state index in [2.05, 4.69) is 10.6 Å². The molecule has 4 N–H and O–H groups in total. The van der Waals surface area contributed by atoms with E-state index < -0.39 is 17.8 Å². The molecular weight excluding hydrogens is 237 g/mol. The largest absolute Gasteiger partial charge is 0.373 e. The lowest BCUT2D eigenvalue weighted by Crippen LogP contribution is -2.39. The standard InChI is InChI=1S/C12H16FN3O2/c1-7-3-8(13)5-9(4-7)16-10(12(14)18)6-11(17)15-2/h3-5,10,16H,6H2,1-2H3,(H2,14,18)(H,15,17). The predicted octanol–water partition coefficient (Wildman–Crippen LogP) is 0.536. The van der Waals surface area contributed by atoms with E-state index in [-0.39, 0.29) is 12.3 Å². The maximum atomic E-state index is 13.2. The topological polar surface area (TPSA) is 84.2 Å². The molecule has 0 aromatic heterocycles. The Labute approximate surface area is 105 Å². The first-order valence-corrected chi connectivity index (χ1v) is 5.46. The van der Waals surface area contributed by atoms with Crippen LogP contribution in [0.1, 0.15) is 12.0 Å². The number of hydrogen-bond donors (Lipinski definition) is 3. The van der Waals surface area contributed by atoms with E-state index in [9.17, 15) is 14.0 Å². The van der Waals surface area contributed by atoms with E-state index in [0.717, 1.165) is 0 Å². The summed E-state index contributed by atoms with van der Waals surface area (Å²) in [4.78, 5) is 22.4. The van der Waals surface area contributed by atoms with E-state index in [0.29, 0.717) is 11.3 Å². The molecule has 0 bridgehead atoms. The number of rotatable bonds is 5. The number of nitrogens with one attached hydrogen (secondary N) is 2. The van der Waals surface area contributed by atoms with Gasteiger partial charge in [-0.1, -0.05) is 0 Å². The molecule has 0 saturated carbocycles. The summed E-state index contributed by atoms with van der Waals surface area (Å²) in [5, 5.41) is 5.15. The van der Waals surface area contributed by atoms with Gasteiger partial charge in [0, 0.05) is 12.7 Å². The highest BCUT2D eigenvalue weighted by molar-refractivity contribution is 5.89. The van der Waals surface area contributed by atoms with Crippen molar-refractivity contribution in [1.82, 2.24) is 5.32 Å². The molecule has 0 spiro atoms. The molecule has 0 aliphatic heterocycles. The second kappa shape index (κ2) is 6.00. The number of anilines is 1. The van der Waals surface area contributed by atoms with Crippen LogP contribution in [0.2, 0.25) is 0 Å². The Morgan fingerprint density at radius 1 is 1.39 bits per heavy atom. The molecule has 0 radical (unpaired) electrons. The second-order valence-electron chi connectivity index (χ2n) is 3.99. The summed E-state index contributed by atoms with van der Waals surface area (Å²) in [6, 6.07) is 3.41. The van der Waals surface area contributed by atoms with Crippen molar-refractivity contribution >= 4 is 17.5 Å². The van der Waals surface area contributed by atoms with Gasteiger partial charge in [0.05, 0.1) is 6.42 Å². The van der Waals surface area contributed by atoms with Gasteiger partial charge >= 0.3 is 0 Å². The molecule has 0 aliphatic rings. The SMILES string of the molecule is CNC(=O)CC(Nc1cc(C)cc(F)c1)C(N)=O. The van der Waals surface area contributed by atoms with Gasteiger partial charge in [-0.15, -0.1) is 0 Å². The Balaban J connectivity index is 2.83. The monoisotopic (exact) mass is 253 g/mol. The first-order valence-electron chi connectivity index (χ1n) is 5.46. The molecule has 0 heterocycles. The van der Waals surface area contributed by atoms with Crippen molar-refractivity contribution < 1.29 is 14.0 Å². The number of carbonyl (C=O) groups is 2. The lowest BCUT2D eigenvalue weighted by Gasteiger charge is -2.16. The van der Waals surface area contributed by atoms with E-state index in [1.165, 1.54) is 19.2 Å². The van der Waals surface area contributed by atoms with Gasteiger partial charge in [0.25, 0.3) is 0 Å². The summed E-state index contributed by atoms with van der Waals surface area (Å²) in [6.45, 7) is 1.73. The number of amides is 2. The highest BCUT2D eigenvalue weighted by Gasteiger charge is 2.18. The number of halogens is 1. The fraction of sp³-hybridized carbons (Fsp3) is 0.333. The Morgan fingerprint density at radius 2 is 2.06 bits per heavy atom. The van der Waals surface area contributed by atoms with Crippen molar-refractivity contribution in [3.05, 3.63) is 29.6 Å². The summed E-state index contributed by atoms with van der Waals surface area (Å²) in [5.41, 5.74) is 6.31. The second-order valence-corrected chi connectivity index (χ2v) is 3.99. The van der Waals surface area contributed by atoms with Crippen LogP contribution in [0.25, 0.3) is 0 Å². The van der Waals surface area contributed by atoms with Gasteiger partial charge in [-0.05, 0) is 30.7 Å². The Bertz CT molecular complexity index is 442. The molecule has 2 amide bonds. The zero-order chi connectivity index (χ0) is 13.7. The molecular formula is C12H16FN3O2. The van der Waals surface area contributed by atoms with E-state index in [4.69, 9.17) is 5.73 Å². The van der Waals surface area contributed by atoms with E-state index in [1.54, 1.807) is 13.0 Å². The van der Waals surface area contributed by atoms with Crippen LogP contribution in [0.4, 0.5) is 10.1 Å².